The van der Waals surface area contributed by atoms with E-state index in [-0.39, 0.29) is 0 Å². The van der Waals surface area contributed by atoms with Gasteiger partial charge in [0.25, 0.3) is 0 Å². The third-order valence-corrected chi connectivity index (χ3v) is 4.19. The Morgan fingerprint density at radius 3 is 2.82 bits per heavy atom. The van der Waals surface area contributed by atoms with E-state index >= 15 is 0 Å². The maximum atomic E-state index is 6.01. The summed E-state index contributed by atoms with van der Waals surface area (Å²) in [5.41, 5.74) is 8.95. The summed E-state index contributed by atoms with van der Waals surface area (Å²) in [6, 6.07) is 9.43. The topological polar surface area (TPSA) is 29.3 Å². The van der Waals surface area contributed by atoms with Crippen LogP contribution in [0.3, 0.4) is 0 Å². The Morgan fingerprint density at radius 1 is 1.35 bits per heavy atom. The van der Waals surface area contributed by atoms with E-state index < -0.39 is 0 Å². The van der Waals surface area contributed by atoms with E-state index in [1.54, 1.807) is 0 Å². The van der Waals surface area contributed by atoms with Crippen molar-refractivity contribution in [3.8, 4) is 0 Å². The third kappa shape index (κ3) is 2.06. The van der Waals surface area contributed by atoms with Gasteiger partial charge in [-0.1, -0.05) is 25.1 Å². The Labute approximate surface area is 104 Å². The van der Waals surface area contributed by atoms with E-state index in [1.165, 1.54) is 37.1 Å². The van der Waals surface area contributed by atoms with Gasteiger partial charge >= 0.3 is 0 Å². The normalized spacial score (nSPS) is 25.5. The molecule has 2 atom stereocenters. The minimum Gasteiger partial charge on any atom is -0.366 e. The summed E-state index contributed by atoms with van der Waals surface area (Å²) < 4.78 is 0. The first-order valence-corrected chi connectivity index (χ1v) is 6.84. The molecule has 2 heteroatoms. The van der Waals surface area contributed by atoms with E-state index in [1.807, 2.05) is 0 Å². The van der Waals surface area contributed by atoms with Gasteiger partial charge in [-0.2, -0.15) is 0 Å². The number of benzene rings is 1. The molecule has 1 aromatic rings. The summed E-state index contributed by atoms with van der Waals surface area (Å²) >= 11 is 0. The van der Waals surface area contributed by atoms with Crippen molar-refractivity contribution in [1.29, 1.82) is 0 Å². The second kappa shape index (κ2) is 4.34. The number of nitrogens with two attached hydrogens (primary N) is 1. The van der Waals surface area contributed by atoms with Crippen LogP contribution in [0.1, 0.15) is 25.3 Å². The zero-order chi connectivity index (χ0) is 11.8. The first kappa shape index (κ1) is 11.1. The maximum absolute atomic E-state index is 6.01. The van der Waals surface area contributed by atoms with Crippen molar-refractivity contribution in [3.63, 3.8) is 0 Å². The molecule has 2 unspecified atom stereocenters. The number of anilines is 1. The van der Waals surface area contributed by atoms with Gasteiger partial charge in [0.2, 0.25) is 0 Å². The van der Waals surface area contributed by atoms with Gasteiger partial charge in [0.15, 0.2) is 0 Å². The standard InChI is InChI=1S/C15H22N2/c1-11-8-13-4-2-3-5-14(13)17(10-11)15(9-16)12-6-7-12/h2-5,11-12,15H,6-10,16H2,1H3. The molecule has 1 heterocycles. The molecule has 3 rings (SSSR count). The van der Waals surface area contributed by atoms with E-state index in [0.29, 0.717) is 6.04 Å². The lowest BCUT2D eigenvalue weighted by Crippen LogP contribution is -2.47. The first-order chi connectivity index (χ1) is 8.29. The molecule has 1 saturated carbocycles. The molecule has 2 nitrogen and oxygen atoms in total. The summed E-state index contributed by atoms with van der Waals surface area (Å²) in [6.07, 6.45) is 3.96. The van der Waals surface area contributed by atoms with Crippen molar-refractivity contribution in [2.45, 2.75) is 32.2 Å². The highest BCUT2D eigenvalue weighted by atomic mass is 15.2. The van der Waals surface area contributed by atoms with Crippen molar-refractivity contribution < 1.29 is 0 Å². The number of fused-ring (bicyclic) bond motifs is 1. The van der Waals surface area contributed by atoms with Gasteiger partial charge < -0.3 is 10.6 Å². The lowest BCUT2D eigenvalue weighted by Gasteiger charge is -2.40. The van der Waals surface area contributed by atoms with Gasteiger partial charge in [0.05, 0.1) is 0 Å². The third-order valence-electron chi connectivity index (χ3n) is 4.19. The highest BCUT2D eigenvalue weighted by Gasteiger charge is 2.36. The van der Waals surface area contributed by atoms with Crippen LogP contribution in [0.2, 0.25) is 0 Å². The lowest BCUT2D eigenvalue weighted by atomic mass is 9.92. The van der Waals surface area contributed by atoms with E-state index in [4.69, 9.17) is 5.73 Å². The van der Waals surface area contributed by atoms with Crippen LogP contribution in [0.25, 0.3) is 0 Å². The molecule has 92 valence electrons. The number of nitrogens with zero attached hydrogens (tertiary/aromatic N) is 1. The highest BCUT2D eigenvalue weighted by Crippen LogP contribution is 2.39. The van der Waals surface area contributed by atoms with Crippen molar-refractivity contribution >= 4 is 5.69 Å². The van der Waals surface area contributed by atoms with E-state index in [2.05, 4.69) is 36.1 Å². The van der Waals surface area contributed by atoms with Crippen molar-refractivity contribution in [1.82, 2.24) is 0 Å². The van der Waals surface area contributed by atoms with Crippen LogP contribution >= 0.6 is 0 Å². The molecular weight excluding hydrogens is 208 g/mol. The Balaban J connectivity index is 1.93. The first-order valence-electron chi connectivity index (χ1n) is 6.84. The summed E-state index contributed by atoms with van der Waals surface area (Å²) in [6.45, 7) is 4.32. The molecular formula is C15H22N2. The van der Waals surface area contributed by atoms with Gasteiger partial charge in [-0.3, -0.25) is 0 Å². The van der Waals surface area contributed by atoms with Crippen LogP contribution in [-0.4, -0.2) is 19.1 Å². The smallest absolute Gasteiger partial charge is 0.0440 e. The fraction of sp³-hybridized carbons (Fsp3) is 0.600. The Bertz CT molecular complexity index is 398. The molecule has 1 aliphatic carbocycles. The van der Waals surface area contributed by atoms with E-state index in [0.717, 1.165) is 18.4 Å². The summed E-state index contributed by atoms with van der Waals surface area (Å²) in [4.78, 5) is 2.58. The number of rotatable bonds is 3. The molecule has 2 N–H and O–H groups in total. The second-order valence-corrected chi connectivity index (χ2v) is 5.73. The SMILES string of the molecule is CC1Cc2ccccc2N(C(CN)C2CC2)C1. The second-order valence-electron chi connectivity index (χ2n) is 5.73. The van der Waals surface area contributed by atoms with Crippen LogP contribution < -0.4 is 10.6 Å². The lowest BCUT2D eigenvalue weighted by molar-refractivity contribution is 0.457. The van der Waals surface area contributed by atoms with Crippen molar-refractivity contribution in [2.24, 2.45) is 17.6 Å². The molecule has 0 amide bonds. The average Bonchev–Trinajstić information content (AvgIpc) is 3.14. The van der Waals surface area contributed by atoms with Crippen molar-refractivity contribution in [3.05, 3.63) is 29.8 Å². The van der Waals surface area contributed by atoms with E-state index in [9.17, 15) is 0 Å². The average molecular weight is 230 g/mol. The van der Waals surface area contributed by atoms with Gasteiger partial charge in [-0.05, 0) is 42.7 Å². The molecule has 1 aromatic carbocycles. The molecule has 0 spiro atoms. The molecule has 0 bridgehead atoms. The van der Waals surface area contributed by atoms with Gasteiger partial charge in [-0.15, -0.1) is 0 Å². The van der Waals surface area contributed by atoms with Gasteiger partial charge in [0, 0.05) is 24.8 Å². The Kier molecular flexibility index (Phi) is 2.83. The summed E-state index contributed by atoms with van der Waals surface area (Å²) in [5.74, 6) is 1.59. The number of para-hydroxylation sites is 1. The van der Waals surface area contributed by atoms with Crippen LogP contribution in [0.15, 0.2) is 24.3 Å². The zero-order valence-corrected chi connectivity index (χ0v) is 10.6. The zero-order valence-electron chi connectivity index (χ0n) is 10.6. The fourth-order valence-electron chi connectivity index (χ4n) is 3.21. The molecule has 2 aliphatic rings. The highest BCUT2D eigenvalue weighted by molar-refractivity contribution is 5.57. The molecule has 1 aliphatic heterocycles. The minimum atomic E-state index is 0.568. The van der Waals surface area contributed by atoms with Gasteiger partial charge in [-0.25, -0.2) is 0 Å². The van der Waals surface area contributed by atoms with Crippen LogP contribution in [-0.2, 0) is 6.42 Å². The maximum Gasteiger partial charge on any atom is 0.0440 e. The molecule has 0 radical (unpaired) electrons. The quantitative estimate of drug-likeness (QED) is 0.864. The van der Waals surface area contributed by atoms with Crippen LogP contribution in [0, 0.1) is 11.8 Å². The fourth-order valence-corrected chi connectivity index (χ4v) is 3.21. The number of hydrogen-bond donors (Lipinski definition) is 1. The van der Waals surface area contributed by atoms with Crippen molar-refractivity contribution in [2.75, 3.05) is 18.0 Å². The Hall–Kier alpha value is -1.02. The van der Waals surface area contributed by atoms with Crippen LogP contribution in [0.5, 0.6) is 0 Å². The minimum absolute atomic E-state index is 0.568. The molecule has 0 saturated heterocycles. The summed E-state index contributed by atoms with van der Waals surface area (Å²) in [5, 5.41) is 0. The predicted molar refractivity (Wildman–Crippen MR) is 72.2 cm³/mol. The monoisotopic (exact) mass is 230 g/mol. The number of hydrogen-bond acceptors (Lipinski definition) is 2. The predicted octanol–water partition coefficient (Wildman–Crippen LogP) is 2.42. The Morgan fingerprint density at radius 2 is 2.12 bits per heavy atom. The summed E-state index contributed by atoms with van der Waals surface area (Å²) in [7, 11) is 0. The van der Waals surface area contributed by atoms with Gasteiger partial charge in [0.1, 0.15) is 0 Å². The largest absolute Gasteiger partial charge is 0.366 e. The molecule has 1 fully saturated rings. The van der Waals surface area contributed by atoms with Crippen LogP contribution in [0.4, 0.5) is 5.69 Å². The molecule has 0 aromatic heterocycles. The molecule has 17 heavy (non-hydrogen) atoms.